The van der Waals surface area contributed by atoms with Gasteiger partial charge in [0.15, 0.2) is 0 Å². The number of benzene rings is 1. The lowest BCUT2D eigenvalue weighted by Gasteiger charge is -2.49. The largest absolute Gasteiger partial charge is 0.371 e. The second kappa shape index (κ2) is 4.18. The molecule has 1 spiro atoms. The van der Waals surface area contributed by atoms with E-state index in [0.29, 0.717) is 5.41 Å². The summed E-state index contributed by atoms with van der Waals surface area (Å²) in [6.07, 6.45) is 2.62. The van der Waals surface area contributed by atoms with Gasteiger partial charge in [-0.3, -0.25) is 0 Å². The monoisotopic (exact) mass is 250 g/mol. The Kier molecular flexibility index (Phi) is 2.80. The van der Waals surface area contributed by atoms with Crippen molar-refractivity contribution in [2.45, 2.75) is 19.8 Å². The molecule has 1 aromatic carbocycles. The second-order valence-electron chi connectivity index (χ2n) is 5.47. The number of rotatable bonds is 1. The Morgan fingerprint density at radius 2 is 1.94 bits per heavy atom. The summed E-state index contributed by atoms with van der Waals surface area (Å²) in [5, 5.41) is 4.29. The molecular formula is C14H19ClN2. The summed E-state index contributed by atoms with van der Waals surface area (Å²) < 4.78 is 0. The first-order valence-electron chi connectivity index (χ1n) is 6.41. The lowest BCUT2D eigenvalue weighted by atomic mass is 9.73. The maximum absolute atomic E-state index is 6.19. The Labute approximate surface area is 108 Å². The quantitative estimate of drug-likeness (QED) is 0.825. The Bertz CT molecular complexity index is 416. The van der Waals surface area contributed by atoms with E-state index in [1.807, 2.05) is 6.07 Å². The van der Waals surface area contributed by atoms with Crippen molar-refractivity contribution < 1.29 is 0 Å². The third-order valence-corrected chi connectivity index (χ3v) is 4.81. The summed E-state index contributed by atoms with van der Waals surface area (Å²) >= 11 is 6.19. The highest BCUT2D eigenvalue weighted by molar-refractivity contribution is 6.31. The Morgan fingerprint density at radius 1 is 1.24 bits per heavy atom. The number of hydrogen-bond acceptors (Lipinski definition) is 2. The van der Waals surface area contributed by atoms with E-state index in [2.05, 4.69) is 29.3 Å². The van der Waals surface area contributed by atoms with Crippen LogP contribution in [-0.4, -0.2) is 26.2 Å². The van der Waals surface area contributed by atoms with Crippen molar-refractivity contribution in [2.24, 2.45) is 5.41 Å². The minimum atomic E-state index is 0.614. The van der Waals surface area contributed by atoms with E-state index >= 15 is 0 Å². The first kappa shape index (κ1) is 11.4. The van der Waals surface area contributed by atoms with Gasteiger partial charge in [-0.25, -0.2) is 0 Å². The number of hydrogen-bond donors (Lipinski definition) is 1. The van der Waals surface area contributed by atoms with Crippen LogP contribution in [0.1, 0.15) is 18.4 Å². The number of nitrogens with one attached hydrogen (secondary N) is 1. The van der Waals surface area contributed by atoms with Gasteiger partial charge in [0, 0.05) is 36.9 Å². The van der Waals surface area contributed by atoms with Gasteiger partial charge in [0.25, 0.3) is 0 Å². The van der Waals surface area contributed by atoms with Crippen molar-refractivity contribution in [3.8, 4) is 0 Å². The molecule has 0 unspecified atom stereocenters. The molecule has 0 saturated carbocycles. The van der Waals surface area contributed by atoms with Crippen LogP contribution < -0.4 is 10.2 Å². The van der Waals surface area contributed by atoms with Gasteiger partial charge in [-0.1, -0.05) is 17.7 Å². The van der Waals surface area contributed by atoms with Gasteiger partial charge in [-0.15, -0.1) is 0 Å². The van der Waals surface area contributed by atoms with E-state index in [-0.39, 0.29) is 0 Å². The van der Waals surface area contributed by atoms with Crippen molar-refractivity contribution in [3.05, 3.63) is 28.8 Å². The molecule has 3 rings (SSSR count). The SMILES string of the molecule is Cc1c(Cl)cccc1N1CCC2(CC1)CNC2. The van der Waals surface area contributed by atoms with Crippen molar-refractivity contribution in [1.29, 1.82) is 0 Å². The topological polar surface area (TPSA) is 15.3 Å². The Morgan fingerprint density at radius 3 is 2.53 bits per heavy atom. The van der Waals surface area contributed by atoms with E-state index in [9.17, 15) is 0 Å². The molecule has 17 heavy (non-hydrogen) atoms. The summed E-state index contributed by atoms with van der Waals surface area (Å²) in [4.78, 5) is 2.49. The van der Waals surface area contributed by atoms with Crippen LogP contribution in [0.15, 0.2) is 18.2 Å². The van der Waals surface area contributed by atoms with E-state index in [4.69, 9.17) is 11.6 Å². The molecule has 0 atom stereocenters. The van der Waals surface area contributed by atoms with Gasteiger partial charge in [-0.05, 0) is 42.9 Å². The lowest BCUT2D eigenvalue weighted by molar-refractivity contribution is 0.126. The molecule has 2 nitrogen and oxygen atoms in total. The average molecular weight is 251 g/mol. The fraction of sp³-hybridized carbons (Fsp3) is 0.571. The maximum atomic E-state index is 6.19. The third-order valence-electron chi connectivity index (χ3n) is 4.40. The van der Waals surface area contributed by atoms with Crippen LogP contribution in [0.2, 0.25) is 5.02 Å². The molecule has 3 heteroatoms. The molecule has 1 aromatic rings. The van der Waals surface area contributed by atoms with Gasteiger partial charge in [0.05, 0.1) is 0 Å². The van der Waals surface area contributed by atoms with Crippen LogP contribution in [0.25, 0.3) is 0 Å². The summed E-state index contributed by atoms with van der Waals surface area (Å²) in [5.74, 6) is 0. The lowest BCUT2D eigenvalue weighted by Crippen LogP contribution is -2.58. The van der Waals surface area contributed by atoms with E-state index in [0.717, 1.165) is 5.02 Å². The standard InChI is InChI=1S/C14H19ClN2/c1-11-12(15)3-2-4-13(11)17-7-5-14(6-8-17)9-16-10-14/h2-4,16H,5-10H2,1H3. The number of nitrogens with zero attached hydrogens (tertiary/aromatic N) is 1. The van der Waals surface area contributed by atoms with Crippen LogP contribution in [0.5, 0.6) is 0 Å². The maximum Gasteiger partial charge on any atom is 0.0455 e. The molecule has 2 fully saturated rings. The third kappa shape index (κ3) is 1.94. The zero-order chi connectivity index (χ0) is 11.9. The molecule has 0 aliphatic carbocycles. The van der Waals surface area contributed by atoms with E-state index in [1.165, 1.54) is 50.3 Å². The van der Waals surface area contributed by atoms with Crippen molar-refractivity contribution in [1.82, 2.24) is 5.32 Å². The van der Waals surface area contributed by atoms with Crippen molar-refractivity contribution in [2.75, 3.05) is 31.1 Å². The zero-order valence-electron chi connectivity index (χ0n) is 10.3. The van der Waals surface area contributed by atoms with Crippen LogP contribution >= 0.6 is 11.6 Å². The van der Waals surface area contributed by atoms with E-state index < -0.39 is 0 Å². The van der Waals surface area contributed by atoms with Gasteiger partial charge in [0.1, 0.15) is 0 Å². The molecule has 2 aliphatic rings. The Hall–Kier alpha value is -0.730. The highest BCUT2D eigenvalue weighted by Gasteiger charge is 2.39. The molecule has 0 aromatic heterocycles. The summed E-state index contributed by atoms with van der Waals surface area (Å²) in [6.45, 7) is 6.89. The van der Waals surface area contributed by atoms with Gasteiger partial charge in [0.2, 0.25) is 0 Å². The minimum absolute atomic E-state index is 0.614. The first-order chi connectivity index (χ1) is 8.20. The highest BCUT2D eigenvalue weighted by atomic mass is 35.5. The summed E-state index contributed by atoms with van der Waals surface area (Å²) in [6, 6.07) is 6.22. The van der Waals surface area contributed by atoms with Gasteiger partial charge in [-0.2, -0.15) is 0 Å². The molecule has 2 aliphatic heterocycles. The number of piperidine rings is 1. The average Bonchev–Trinajstić information content (AvgIpc) is 2.31. The molecule has 0 radical (unpaired) electrons. The molecule has 0 amide bonds. The Balaban J connectivity index is 1.75. The summed E-state index contributed by atoms with van der Waals surface area (Å²) in [7, 11) is 0. The molecule has 1 N–H and O–H groups in total. The first-order valence-corrected chi connectivity index (χ1v) is 6.79. The molecule has 2 heterocycles. The van der Waals surface area contributed by atoms with Crippen molar-refractivity contribution in [3.63, 3.8) is 0 Å². The van der Waals surface area contributed by atoms with Crippen molar-refractivity contribution >= 4 is 17.3 Å². The van der Waals surface area contributed by atoms with Gasteiger partial charge >= 0.3 is 0 Å². The predicted octanol–water partition coefficient (Wildman–Crippen LogP) is 2.84. The number of halogens is 1. The fourth-order valence-corrected chi connectivity index (χ4v) is 3.16. The zero-order valence-corrected chi connectivity index (χ0v) is 11.1. The molecular weight excluding hydrogens is 232 g/mol. The minimum Gasteiger partial charge on any atom is -0.371 e. The summed E-state index contributed by atoms with van der Waals surface area (Å²) in [5.41, 5.74) is 3.15. The molecule has 2 saturated heterocycles. The van der Waals surface area contributed by atoms with Crippen LogP contribution in [0, 0.1) is 12.3 Å². The van der Waals surface area contributed by atoms with Crippen LogP contribution in [0.3, 0.4) is 0 Å². The van der Waals surface area contributed by atoms with Crippen LogP contribution in [-0.2, 0) is 0 Å². The number of anilines is 1. The highest BCUT2D eigenvalue weighted by Crippen LogP contribution is 2.37. The molecule has 0 bridgehead atoms. The predicted molar refractivity (Wildman–Crippen MR) is 72.9 cm³/mol. The molecule has 92 valence electrons. The second-order valence-corrected chi connectivity index (χ2v) is 5.88. The normalized spacial score (nSPS) is 22.6. The van der Waals surface area contributed by atoms with Gasteiger partial charge < -0.3 is 10.2 Å². The van der Waals surface area contributed by atoms with Crippen LogP contribution in [0.4, 0.5) is 5.69 Å². The smallest absolute Gasteiger partial charge is 0.0455 e. The van der Waals surface area contributed by atoms with E-state index in [1.54, 1.807) is 0 Å². The fourth-order valence-electron chi connectivity index (χ4n) is 2.99.